The Morgan fingerprint density at radius 1 is 1.53 bits per heavy atom. The van der Waals surface area contributed by atoms with Gasteiger partial charge in [-0.3, -0.25) is 0 Å². The minimum atomic E-state index is -0.882. The van der Waals surface area contributed by atoms with Gasteiger partial charge in [-0.25, -0.2) is 4.79 Å². The summed E-state index contributed by atoms with van der Waals surface area (Å²) in [6.07, 6.45) is 5.10. The van der Waals surface area contributed by atoms with E-state index in [1.54, 1.807) is 6.20 Å². The summed E-state index contributed by atoms with van der Waals surface area (Å²) in [5.74, 6) is -0.882. The second-order valence-corrected chi connectivity index (χ2v) is 3.98. The molecule has 0 saturated carbocycles. The highest BCUT2D eigenvalue weighted by atomic mass is 16.4. The van der Waals surface area contributed by atoms with Crippen molar-refractivity contribution < 1.29 is 9.90 Å². The van der Waals surface area contributed by atoms with E-state index in [9.17, 15) is 4.79 Å². The fourth-order valence-electron chi connectivity index (χ4n) is 1.95. The van der Waals surface area contributed by atoms with E-state index in [1.165, 1.54) is 6.08 Å². The van der Waals surface area contributed by atoms with Gasteiger partial charge in [0.2, 0.25) is 0 Å². The highest BCUT2D eigenvalue weighted by Crippen LogP contribution is 2.15. The van der Waals surface area contributed by atoms with Crippen LogP contribution < -0.4 is 0 Å². The molecule has 15 heavy (non-hydrogen) atoms. The summed E-state index contributed by atoms with van der Waals surface area (Å²) in [4.78, 5) is 14.8. The maximum Gasteiger partial charge on any atom is 0.329 e. The van der Waals surface area contributed by atoms with Gasteiger partial charge in [0.05, 0.1) is 0 Å². The fourth-order valence-corrected chi connectivity index (χ4v) is 1.95. The van der Waals surface area contributed by atoms with Crippen molar-refractivity contribution in [2.75, 3.05) is 26.7 Å². The molecule has 0 amide bonds. The van der Waals surface area contributed by atoms with Crippen molar-refractivity contribution in [3.8, 4) is 0 Å². The molecule has 0 spiro atoms. The van der Waals surface area contributed by atoms with Gasteiger partial charge in [-0.05, 0) is 19.4 Å². The van der Waals surface area contributed by atoms with Gasteiger partial charge in [0.1, 0.15) is 0 Å². The Bertz CT molecular complexity index is 233. The molecule has 1 fully saturated rings. The molecule has 0 aromatic carbocycles. The van der Waals surface area contributed by atoms with E-state index in [4.69, 9.17) is 5.11 Å². The lowest BCUT2D eigenvalue weighted by Crippen LogP contribution is -2.41. The average molecular weight is 212 g/mol. The summed E-state index contributed by atoms with van der Waals surface area (Å²) in [6.45, 7) is 5.52. The molecule has 1 saturated heterocycles. The first kappa shape index (κ1) is 12.0. The minimum Gasteiger partial charge on any atom is -0.478 e. The van der Waals surface area contributed by atoms with Crippen molar-refractivity contribution in [3.63, 3.8) is 0 Å². The Balaban J connectivity index is 2.36. The second kappa shape index (κ2) is 5.75. The monoisotopic (exact) mass is 212 g/mol. The Hall–Kier alpha value is -1.03. The number of carboxylic acid groups (broad SMARTS) is 1. The van der Waals surface area contributed by atoms with Gasteiger partial charge >= 0.3 is 5.97 Å². The molecule has 1 aliphatic heterocycles. The lowest BCUT2D eigenvalue weighted by atomic mass is 10.0. The molecule has 0 radical (unpaired) electrons. The van der Waals surface area contributed by atoms with E-state index in [0.717, 1.165) is 32.5 Å². The quantitative estimate of drug-likeness (QED) is 0.706. The third-order valence-electron chi connectivity index (χ3n) is 3.03. The second-order valence-electron chi connectivity index (χ2n) is 3.98. The number of likely N-dealkylation sites (tertiary alicyclic amines) is 1. The maximum absolute atomic E-state index is 10.4. The number of carboxylic acids is 1. The molecule has 0 bridgehead atoms. The summed E-state index contributed by atoms with van der Waals surface area (Å²) in [5.41, 5.74) is 0. The molecule has 4 heteroatoms. The van der Waals surface area contributed by atoms with Gasteiger partial charge in [0, 0.05) is 38.5 Å². The van der Waals surface area contributed by atoms with Crippen LogP contribution in [-0.2, 0) is 4.79 Å². The molecule has 86 valence electrons. The molecule has 0 atom stereocenters. The first-order chi connectivity index (χ1) is 7.13. The van der Waals surface area contributed by atoms with Gasteiger partial charge in [0.15, 0.2) is 0 Å². The molecule has 0 aromatic heterocycles. The summed E-state index contributed by atoms with van der Waals surface area (Å²) >= 11 is 0. The first-order valence-corrected chi connectivity index (χ1v) is 5.49. The molecule has 1 rings (SSSR count). The van der Waals surface area contributed by atoms with Gasteiger partial charge in [-0.2, -0.15) is 0 Å². The molecule has 1 aliphatic rings. The predicted octanol–water partition coefficient (Wildman–Crippen LogP) is 1.00. The van der Waals surface area contributed by atoms with E-state index < -0.39 is 5.97 Å². The lowest BCUT2D eigenvalue weighted by molar-refractivity contribution is -0.131. The third kappa shape index (κ3) is 3.91. The lowest BCUT2D eigenvalue weighted by Gasteiger charge is -2.35. The minimum absolute atomic E-state index is 0.489. The van der Waals surface area contributed by atoms with Crippen molar-refractivity contribution >= 4 is 5.97 Å². The molecule has 0 unspecified atom stereocenters. The normalized spacial score (nSPS) is 19.6. The number of hydrogen-bond donors (Lipinski definition) is 1. The first-order valence-electron chi connectivity index (χ1n) is 5.49. The van der Waals surface area contributed by atoms with Crippen LogP contribution in [0.3, 0.4) is 0 Å². The van der Waals surface area contributed by atoms with Crippen LogP contribution in [0.1, 0.15) is 19.8 Å². The highest BCUT2D eigenvalue weighted by molar-refractivity contribution is 5.79. The van der Waals surface area contributed by atoms with E-state index in [0.29, 0.717) is 6.04 Å². The number of hydrogen-bond acceptors (Lipinski definition) is 3. The molecular formula is C11H20N2O2. The van der Waals surface area contributed by atoms with Crippen molar-refractivity contribution in [3.05, 3.63) is 12.3 Å². The topological polar surface area (TPSA) is 43.8 Å². The summed E-state index contributed by atoms with van der Waals surface area (Å²) in [6, 6.07) is 0.489. The average Bonchev–Trinajstić information content (AvgIpc) is 2.26. The number of nitrogens with zero attached hydrogens (tertiary/aromatic N) is 2. The molecular weight excluding hydrogens is 192 g/mol. The molecule has 0 aliphatic carbocycles. The van der Waals surface area contributed by atoms with Crippen molar-refractivity contribution in [2.45, 2.75) is 25.8 Å². The zero-order valence-electron chi connectivity index (χ0n) is 9.52. The van der Waals surface area contributed by atoms with Gasteiger partial charge in [0.25, 0.3) is 0 Å². The predicted molar refractivity (Wildman–Crippen MR) is 59.7 cm³/mol. The summed E-state index contributed by atoms with van der Waals surface area (Å²) in [5, 5.41) is 8.52. The van der Waals surface area contributed by atoms with Crippen molar-refractivity contribution in [1.29, 1.82) is 0 Å². The zero-order valence-corrected chi connectivity index (χ0v) is 9.52. The molecule has 4 nitrogen and oxygen atoms in total. The van der Waals surface area contributed by atoms with Crippen LogP contribution in [0, 0.1) is 0 Å². The van der Waals surface area contributed by atoms with Crippen LogP contribution in [0.5, 0.6) is 0 Å². The van der Waals surface area contributed by atoms with Crippen LogP contribution in [0.4, 0.5) is 0 Å². The van der Waals surface area contributed by atoms with Crippen molar-refractivity contribution in [2.24, 2.45) is 0 Å². The third-order valence-corrected chi connectivity index (χ3v) is 3.03. The van der Waals surface area contributed by atoms with Gasteiger partial charge < -0.3 is 14.9 Å². The Kier molecular flexibility index (Phi) is 4.62. The van der Waals surface area contributed by atoms with E-state index >= 15 is 0 Å². The molecule has 1 N–H and O–H groups in total. The number of piperidine rings is 1. The van der Waals surface area contributed by atoms with Crippen LogP contribution in [0.2, 0.25) is 0 Å². The van der Waals surface area contributed by atoms with E-state index in [1.807, 2.05) is 11.9 Å². The number of aliphatic carboxylic acids is 1. The van der Waals surface area contributed by atoms with Gasteiger partial charge in [-0.15, -0.1) is 0 Å². The summed E-state index contributed by atoms with van der Waals surface area (Å²) in [7, 11) is 1.95. The zero-order chi connectivity index (χ0) is 11.3. The standard InChI is InChI=1S/C11H20N2O2/c1-3-13-8-4-10(5-9-13)12(2)7-6-11(14)15/h6-7,10H,3-5,8-9H2,1-2H3,(H,14,15). The highest BCUT2D eigenvalue weighted by Gasteiger charge is 2.19. The Morgan fingerprint density at radius 3 is 2.60 bits per heavy atom. The number of carbonyl (C=O) groups is 1. The molecule has 1 heterocycles. The fraction of sp³-hybridized carbons (Fsp3) is 0.727. The van der Waals surface area contributed by atoms with Crippen LogP contribution >= 0.6 is 0 Å². The molecule has 0 aromatic rings. The maximum atomic E-state index is 10.4. The largest absolute Gasteiger partial charge is 0.478 e. The van der Waals surface area contributed by atoms with Crippen molar-refractivity contribution in [1.82, 2.24) is 9.80 Å². The summed E-state index contributed by atoms with van der Waals surface area (Å²) < 4.78 is 0. The number of rotatable bonds is 4. The van der Waals surface area contributed by atoms with Gasteiger partial charge in [-0.1, -0.05) is 6.92 Å². The Morgan fingerprint density at radius 2 is 2.13 bits per heavy atom. The van der Waals surface area contributed by atoms with Crippen LogP contribution in [-0.4, -0.2) is 53.6 Å². The SMILES string of the molecule is CCN1CCC(N(C)C=CC(=O)O)CC1. The van der Waals surface area contributed by atoms with E-state index in [2.05, 4.69) is 11.8 Å². The van der Waals surface area contributed by atoms with E-state index in [-0.39, 0.29) is 0 Å². The van der Waals surface area contributed by atoms with Crippen LogP contribution in [0.15, 0.2) is 12.3 Å². The Labute approximate surface area is 91.2 Å². The van der Waals surface area contributed by atoms with Crippen LogP contribution in [0.25, 0.3) is 0 Å². The smallest absolute Gasteiger partial charge is 0.329 e.